The third-order valence-electron chi connectivity index (χ3n) is 3.73. The number of hydrogen-bond donors (Lipinski definition) is 2. The summed E-state index contributed by atoms with van der Waals surface area (Å²) in [5.41, 5.74) is 0.269. The molecule has 12 heteroatoms. The molecule has 0 saturated heterocycles. The van der Waals surface area contributed by atoms with Gasteiger partial charge in [0.1, 0.15) is 5.75 Å². The van der Waals surface area contributed by atoms with Crippen LogP contribution < -0.4 is 15.4 Å². The Kier molecular flexibility index (Phi) is 6.39. The average molecular weight is 461 g/mol. The van der Waals surface area contributed by atoms with Crippen molar-refractivity contribution >= 4 is 33.8 Å². The van der Waals surface area contributed by atoms with E-state index in [0.29, 0.717) is 16.5 Å². The van der Waals surface area contributed by atoms with Crippen molar-refractivity contribution in [2.75, 3.05) is 10.6 Å². The fourth-order valence-corrected chi connectivity index (χ4v) is 3.15. The van der Waals surface area contributed by atoms with E-state index in [-0.39, 0.29) is 17.9 Å². The molecule has 0 radical (unpaired) electrons. The van der Waals surface area contributed by atoms with Crippen LogP contribution >= 0.6 is 11.3 Å². The number of anilines is 3. The van der Waals surface area contributed by atoms with Gasteiger partial charge in [-0.1, -0.05) is 0 Å². The number of benzene rings is 2. The lowest BCUT2D eigenvalue weighted by atomic mass is 10.2. The Morgan fingerprint density at radius 3 is 2.13 bits per heavy atom. The molecule has 3 aromatic rings. The van der Waals surface area contributed by atoms with Gasteiger partial charge in [0.15, 0.2) is 5.13 Å². The molecule has 1 aromatic heterocycles. The van der Waals surface area contributed by atoms with Crippen LogP contribution in [0.25, 0.3) is 0 Å². The maximum atomic E-state index is 12.6. The van der Waals surface area contributed by atoms with E-state index < -0.39 is 24.0 Å². The first-order valence-corrected chi connectivity index (χ1v) is 9.40. The Morgan fingerprint density at radius 2 is 1.55 bits per heavy atom. The van der Waals surface area contributed by atoms with Crippen molar-refractivity contribution in [3.8, 4) is 5.75 Å². The van der Waals surface area contributed by atoms with Crippen LogP contribution in [0.4, 0.5) is 42.8 Å². The summed E-state index contributed by atoms with van der Waals surface area (Å²) in [4.78, 5) is 16.3. The molecule has 0 aliphatic rings. The third kappa shape index (κ3) is 6.88. The van der Waals surface area contributed by atoms with Gasteiger partial charge in [-0.15, -0.1) is 24.5 Å². The molecule has 0 atom stereocenters. The van der Waals surface area contributed by atoms with Crippen LogP contribution in [0.2, 0.25) is 0 Å². The van der Waals surface area contributed by atoms with E-state index in [1.165, 1.54) is 23.5 Å². The Morgan fingerprint density at radius 1 is 0.935 bits per heavy atom. The molecule has 2 aromatic carbocycles. The highest BCUT2D eigenvalue weighted by atomic mass is 32.1. The van der Waals surface area contributed by atoms with Crippen LogP contribution in [0.1, 0.15) is 11.3 Å². The van der Waals surface area contributed by atoms with Gasteiger partial charge in [-0.05, 0) is 48.5 Å². The monoisotopic (exact) mass is 461 g/mol. The van der Waals surface area contributed by atoms with Crippen LogP contribution in [0.5, 0.6) is 5.75 Å². The van der Waals surface area contributed by atoms with Crippen molar-refractivity contribution < 1.29 is 35.9 Å². The zero-order valence-corrected chi connectivity index (χ0v) is 16.2. The fraction of sp³-hybridized carbons (Fsp3) is 0.158. The van der Waals surface area contributed by atoms with Crippen LogP contribution in [0.3, 0.4) is 0 Å². The Balaban J connectivity index is 1.54. The number of rotatable bonds is 6. The van der Waals surface area contributed by atoms with Crippen LogP contribution in [-0.4, -0.2) is 17.3 Å². The molecule has 0 bridgehead atoms. The molecule has 5 nitrogen and oxygen atoms in total. The molecule has 0 aliphatic heterocycles. The number of nitrogens with one attached hydrogen (secondary N) is 2. The van der Waals surface area contributed by atoms with E-state index >= 15 is 0 Å². The van der Waals surface area contributed by atoms with Crippen molar-refractivity contribution in [3.63, 3.8) is 0 Å². The predicted molar refractivity (Wildman–Crippen MR) is 102 cm³/mol. The normalized spacial score (nSPS) is 11.8. The highest BCUT2D eigenvalue weighted by Gasteiger charge is 2.31. The SMILES string of the molecule is O=C(Cc1csc(Nc2ccc(OC(F)(F)F)cc2)n1)Nc1ccc(C(F)(F)F)cc1. The molecular formula is C19H13F6N3O2S. The van der Waals surface area contributed by atoms with Crippen LogP contribution in [-0.2, 0) is 17.4 Å². The first kappa shape index (κ1) is 22.4. The van der Waals surface area contributed by atoms with Crippen molar-refractivity contribution in [3.05, 3.63) is 65.2 Å². The van der Waals surface area contributed by atoms with E-state index in [0.717, 1.165) is 36.4 Å². The molecule has 3 rings (SSSR count). The Hall–Kier alpha value is -3.28. The van der Waals surface area contributed by atoms with E-state index in [9.17, 15) is 31.1 Å². The number of amides is 1. The van der Waals surface area contributed by atoms with Gasteiger partial charge in [-0.3, -0.25) is 4.79 Å². The Bertz CT molecular complexity index is 1030. The molecule has 0 saturated carbocycles. The third-order valence-corrected chi connectivity index (χ3v) is 4.54. The smallest absolute Gasteiger partial charge is 0.406 e. The number of hydrogen-bond acceptors (Lipinski definition) is 5. The van der Waals surface area contributed by atoms with Crippen LogP contribution in [0.15, 0.2) is 53.9 Å². The molecule has 0 fully saturated rings. The maximum absolute atomic E-state index is 12.6. The molecule has 31 heavy (non-hydrogen) atoms. The number of halogens is 6. The number of alkyl halides is 6. The topological polar surface area (TPSA) is 63.2 Å². The summed E-state index contributed by atoms with van der Waals surface area (Å²) >= 11 is 1.17. The predicted octanol–water partition coefficient (Wildman–Crippen LogP) is 5.99. The molecular weight excluding hydrogens is 448 g/mol. The van der Waals surface area contributed by atoms with Gasteiger partial charge >= 0.3 is 12.5 Å². The lowest BCUT2D eigenvalue weighted by Crippen LogP contribution is -2.16. The number of carbonyl (C=O) groups is 1. The van der Waals surface area contributed by atoms with E-state index in [4.69, 9.17) is 0 Å². The molecule has 2 N–H and O–H groups in total. The summed E-state index contributed by atoms with van der Waals surface area (Å²) in [5.74, 6) is -0.830. The minimum atomic E-state index is -4.78. The highest BCUT2D eigenvalue weighted by molar-refractivity contribution is 7.13. The van der Waals surface area contributed by atoms with Crippen molar-refractivity contribution in [1.29, 1.82) is 0 Å². The summed E-state index contributed by atoms with van der Waals surface area (Å²) in [6.45, 7) is 0. The van der Waals surface area contributed by atoms with E-state index in [1.807, 2.05) is 0 Å². The lowest BCUT2D eigenvalue weighted by Gasteiger charge is -2.09. The molecule has 1 amide bonds. The molecule has 0 unspecified atom stereocenters. The zero-order valence-electron chi connectivity index (χ0n) is 15.3. The first-order valence-electron chi connectivity index (χ1n) is 8.52. The number of nitrogens with zero attached hydrogens (tertiary/aromatic N) is 1. The van der Waals surface area contributed by atoms with Crippen LogP contribution in [0, 0.1) is 0 Å². The standard InChI is InChI=1S/C19H13F6N3O2S/c20-18(21,22)11-1-3-12(4-2-11)26-16(29)9-14-10-31-17(28-14)27-13-5-7-15(8-6-13)30-19(23,24)25/h1-8,10H,9H2,(H,26,29)(H,27,28). The molecule has 0 spiro atoms. The van der Waals surface area contributed by atoms with Gasteiger partial charge in [0.2, 0.25) is 5.91 Å². The van der Waals surface area contributed by atoms with Gasteiger partial charge < -0.3 is 15.4 Å². The number of ether oxygens (including phenoxy) is 1. The van der Waals surface area contributed by atoms with Crippen molar-refractivity contribution in [1.82, 2.24) is 4.98 Å². The molecule has 0 aliphatic carbocycles. The lowest BCUT2D eigenvalue weighted by molar-refractivity contribution is -0.274. The first-order chi connectivity index (χ1) is 14.5. The number of aromatic nitrogens is 1. The van der Waals surface area contributed by atoms with Gasteiger partial charge in [0.25, 0.3) is 0 Å². The number of thiazole rings is 1. The largest absolute Gasteiger partial charge is 0.573 e. The second kappa shape index (κ2) is 8.84. The molecule has 164 valence electrons. The summed E-state index contributed by atoms with van der Waals surface area (Å²) < 4.78 is 78.0. The van der Waals surface area contributed by atoms with E-state index in [1.54, 1.807) is 5.38 Å². The molecule has 1 heterocycles. The average Bonchev–Trinajstić information content (AvgIpc) is 3.08. The fourth-order valence-electron chi connectivity index (χ4n) is 2.42. The van der Waals surface area contributed by atoms with Crippen molar-refractivity contribution in [2.45, 2.75) is 19.0 Å². The summed E-state index contributed by atoms with van der Waals surface area (Å²) in [5, 5.41) is 7.39. The second-order valence-electron chi connectivity index (χ2n) is 6.14. The summed E-state index contributed by atoms with van der Waals surface area (Å²) in [7, 11) is 0. The van der Waals surface area contributed by atoms with Crippen molar-refractivity contribution in [2.24, 2.45) is 0 Å². The minimum absolute atomic E-state index is 0.114. The Labute approximate surface area is 175 Å². The maximum Gasteiger partial charge on any atom is 0.573 e. The summed E-state index contributed by atoms with van der Waals surface area (Å²) in [6, 6.07) is 9.07. The number of carbonyl (C=O) groups excluding carboxylic acids is 1. The summed E-state index contributed by atoms with van der Waals surface area (Å²) in [6.07, 6.45) is -9.35. The van der Waals surface area contributed by atoms with Gasteiger partial charge in [-0.2, -0.15) is 13.2 Å². The van der Waals surface area contributed by atoms with Gasteiger partial charge in [0, 0.05) is 16.8 Å². The van der Waals surface area contributed by atoms with E-state index in [2.05, 4.69) is 20.4 Å². The minimum Gasteiger partial charge on any atom is -0.406 e. The quantitative estimate of drug-likeness (QED) is 0.443. The van der Waals surface area contributed by atoms with Gasteiger partial charge in [0.05, 0.1) is 17.7 Å². The van der Waals surface area contributed by atoms with Gasteiger partial charge in [-0.25, -0.2) is 4.98 Å². The second-order valence-corrected chi connectivity index (χ2v) is 7.00. The highest BCUT2D eigenvalue weighted by Crippen LogP contribution is 2.30. The zero-order chi connectivity index (χ0) is 22.6.